The van der Waals surface area contributed by atoms with Gasteiger partial charge in [0.05, 0.1) is 18.1 Å². The number of ether oxygens (including phenoxy) is 1. The molecule has 1 aliphatic carbocycles. The highest BCUT2D eigenvalue weighted by molar-refractivity contribution is 5.70. The van der Waals surface area contributed by atoms with Gasteiger partial charge in [-0.25, -0.2) is 0 Å². The number of allylic oxidation sites excluding steroid dienone is 4. The second kappa shape index (κ2) is 8.29. The first-order valence-corrected chi connectivity index (χ1v) is 8.44. The molecule has 1 aliphatic heterocycles. The molecule has 1 saturated heterocycles. The molecule has 0 radical (unpaired) electrons. The van der Waals surface area contributed by atoms with Gasteiger partial charge in [-0.1, -0.05) is 43.4 Å². The zero-order valence-corrected chi connectivity index (χ0v) is 14.4. The lowest BCUT2D eigenvalue weighted by atomic mass is 9.78. The highest BCUT2D eigenvalue weighted by Crippen LogP contribution is 2.34. The number of aliphatic carboxylic acids is 1. The molecule has 0 aromatic rings. The van der Waals surface area contributed by atoms with E-state index >= 15 is 0 Å². The number of amides is 1. The van der Waals surface area contributed by atoms with Crippen LogP contribution in [0.1, 0.15) is 26.2 Å². The van der Waals surface area contributed by atoms with Crippen molar-refractivity contribution in [2.45, 2.75) is 38.3 Å². The fourth-order valence-electron chi connectivity index (χ4n) is 3.90. The molecule has 0 bridgehead atoms. The summed E-state index contributed by atoms with van der Waals surface area (Å²) in [5.41, 5.74) is 0.980. The number of rotatable bonds is 8. The molecule has 0 saturated carbocycles. The van der Waals surface area contributed by atoms with Crippen LogP contribution in [0.3, 0.4) is 0 Å². The number of hydrogen-bond acceptors (Lipinski definition) is 3. The average Bonchev–Trinajstić information content (AvgIpc) is 2.94. The fourth-order valence-corrected chi connectivity index (χ4v) is 3.90. The topological polar surface area (TPSA) is 66.8 Å². The van der Waals surface area contributed by atoms with Crippen LogP contribution >= 0.6 is 0 Å². The van der Waals surface area contributed by atoms with Crippen LogP contribution in [-0.4, -0.2) is 48.2 Å². The number of carboxylic acids is 1. The number of methoxy groups -OCH3 is 1. The van der Waals surface area contributed by atoms with Crippen molar-refractivity contribution in [2.75, 3.05) is 13.7 Å². The standard InChI is InChI=1S/C19H27NO4/c1-13-9-17(20(11-13)12-21)18(24-3)14(2)16(19(22)23)10-15-7-5-4-6-8-15/h4-7,12,14-18H,1,8-11H2,2-3H3,(H,22,23). The average molecular weight is 333 g/mol. The van der Waals surface area contributed by atoms with E-state index in [1.165, 1.54) is 0 Å². The van der Waals surface area contributed by atoms with Crippen molar-refractivity contribution in [1.82, 2.24) is 4.90 Å². The molecular weight excluding hydrogens is 306 g/mol. The number of likely N-dealkylation sites (tertiary alicyclic amines) is 1. The van der Waals surface area contributed by atoms with Crippen molar-refractivity contribution < 1.29 is 19.4 Å². The number of carbonyl (C=O) groups is 2. The Hall–Kier alpha value is -1.88. The lowest BCUT2D eigenvalue weighted by Crippen LogP contribution is -2.46. The van der Waals surface area contributed by atoms with Crippen LogP contribution in [0.15, 0.2) is 36.5 Å². The zero-order chi connectivity index (χ0) is 17.7. The van der Waals surface area contributed by atoms with Gasteiger partial charge in [-0.15, -0.1) is 0 Å². The second-order valence-corrected chi connectivity index (χ2v) is 6.85. The van der Waals surface area contributed by atoms with E-state index in [0.29, 0.717) is 19.4 Å². The van der Waals surface area contributed by atoms with Gasteiger partial charge < -0.3 is 14.7 Å². The van der Waals surface area contributed by atoms with Gasteiger partial charge in [0.25, 0.3) is 0 Å². The predicted molar refractivity (Wildman–Crippen MR) is 92.4 cm³/mol. The van der Waals surface area contributed by atoms with E-state index in [1.54, 1.807) is 12.0 Å². The van der Waals surface area contributed by atoms with Crippen LogP contribution in [0.2, 0.25) is 0 Å². The molecule has 1 fully saturated rings. The van der Waals surface area contributed by atoms with Crippen molar-refractivity contribution in [3.8, 4) is 0 Å². The van der Waals surface area contributed by atoms with Crippen LogP contribution in [0.25, 0.3) is 0 Å². The Morgan fingerprint density at radius 3 is 2.83 bits per heavy atom. The summed E-state index contributed by atoms with van der Waals surface area (Å²) < 4.78 is 5.66. The van der Waals surface area contributed by atoms with Gasteiger partial charge in [0.15, 0.2) is 0 Å². The van der Waals surface area contributed by atoms with E-state index in [4.69, 9.17) is 4.74 Å². The van der Waals surface area contributed by atoms with Crippen LogP contribution in [0, 0.1) is 17.8 Å². The first-order chi connectivity index (χ1) is 11.5. The molecule has 5 heteroatoms. The molecule has 1 heterocycles. The molecule has 5 nitrogen and oxygen atoms in total. The number of nitrogens with zero attached hydrogens (tertiary/aromatic N) is 1. The quantitative estimate of drug-likeness (QED) is 0.548. The van der Waals surface area contributed by atoms with E-state index in [0.717, 1.165) is 18.4 Å². The minimum absolute atomic E-state index is 0.140. The van der Waals surface area contributed by atoms with Crippen molar-refractivity contribution in [3.63, 3.8) is 0 Å². The van der Waals surface area contributed by atoms with Crippen LogP contribution in [-0.2, 0) is 14.3 Å². The SMILES string of the molecule is C=C1CC(C(OC)C(C)C(CC2C=CC=CC2)C(=O)O)N(C=O)C1. The van der Waals surface area contributed by atoms with Crippen molar-refractivity contribution in [3.05, 3.63) is 36.5 Å². The van der Waals surface area contributed by atoms with Gasteiger partial charge in [-0.05, 0) is 31.1 Å². The maximum absolute atomic E-state index is 11.9. The Bertz CT molecular complexity index is 539. The third-order valence-electron chi connectivity index (χ3n) is 5.21. The maximum atomic E-state index is 11.9. The Kier molecular flexibility index (Phi) is 6.37. The van der Waals surface area contributed by atoms with Gasteiger partial charge in [0, 0.05) is 13.7 Å². The minimum atomic E-state index is -0.804. The van der Waals surface area contributed by atoms with Gasteiger partial charge in [0.2, 0.25) is 6.41 Å². The van der Waals surface area contributed by atoms with Crippen molar-refractivity contribution in [2.24, 2.45) is 17.8 Å². The van der Waals surface area contributed by atoms with E-state index in [2.05, 4.69) is 18.7 Å². The summed E-state index contributed by atoms with van der Waals surface area (Å²) in [5, 5.41) is 9.74. The summed E-state index contributed by atoms with van der Waals surface area (Å²) in [4.78, 5) is 24.9. The third kappa shape index (κ3) is 4.15. The summed E-state index contributed by atoms with van der Waals surface area (Å²) in [6.07, 6.45) is 10.7. The molecule has 1 amide bonds. The van der Waals surface area contributed by atoms with Gasteiger partial charge in [-0.2, -0.15) is 0 Å². The van der Waals surface area contributed by atoms with E-state index in [1.807, 2.05) is 19.1 Å². The van der Waals surface area contributed by atoms with Crippen molar-refractivity contribution >= 4 is 12.4 Å². The lowest BCUT2D eigenvalue weighted by Gasteiger charge is -2.35. The highest BCUT2D eigenvalue weighted by atomic mass is 16.5. The first kappa shape index (κ1) is 18.5. The zero-order valence-electron chi connectivity index (χ0n) is 14.4. The monoisotopic (exact) mass is 333 g/mol. The number of carboxylic acid groups (broad SMARTS) is 1. The molecule has 0 spiro atoms. The summed E-state index contributed by atoms with van der Waals surface area (Å²) in [7, 11) is 1.59. The largest absolute Gasteiger partial charge is 0.481 e. The minimum Gasteiger partial charge on any atom is -0.481 e. The normalized spacial score (nSPS) is 27.1. The van der Waals surface area contributed by atoms with Crippen LogP contribution < -0.4 is 0 Å². The highest BCUT2D eigenvalue weighted by Gasteiger charge is 2.41. The molecule has 0 aromatic carbocycles. The maximum Gasteiger partial charge on any atom is 0.306 e. The molecular formula is C19H27NO4. The van der Waals surface area contributed by atoms with Gasteiger partial charge >= 0.3 is 5.97 Å². The Morgan fingerprint density at radius 1 is 1.54 bits per heavy atom. The summed E-state index contributed by atoms with van der Waals surface area (Å²) in [6.45, 7) is 6.40. The Balaban J connectivity index is 2.13. The summed E-state index contributed by atoms with van der Waals surface area (Å²) >= 11 is 0. The molecule has 24 heavy (non-hydrogen) atoms. The fraction of sp³-hybridized carbons (Fsp3) is 0.579. The molecule has 2 rings (SSSR count). The molecule has 0 aromatic heterocycles. The summed E-state index contributed by atoms with van der Waals surface area (Å²) in [5.74, 6) is -1.29. The molecule has 5 atom stereocenters. The third-order valence-corrected chi connectivity index (χ3v) is 5.21. The van der Waals surface area contributed by atoms with E-state index in [9.17, 15) is 14.7 Å². The molecule has 5 unspecified atom stereocenters. The van der Waals surface area contributed by atoms with Gasteiger partial charge in [0.1, 0.15) is 0 Å². The van der Waals surface area contributed by atoms with Gasteiger partial charge in [-0.3, -0.25) is 9.59 Å². The smallest absolute Gasteiger partial charge is 0.306 e. The van der Waals surface area contributed by atoms with Crippen LogP contribution in [0.5, 0.6) is 0 Å². The Labute approximate surface area is 143 Å². The Morgan fingerprint density at radius 2 is 2.29 bits per heavy atom. The molecule has 132 valence electrons. The summed E-state index contributed by atoms with van der Waals surface area (Å²) in [6, 6.07) is -0.140. The lowest BCUT2D eigenvalue weighted by molar-refractivity contribution is -0.147. The second-order valence-electron chi connectivity index (χ2n) is 6.85. The van der Waals surface area contributed by atoms with Crippen molar-refractivity contribution in [1.29, 1.82) is 0 Å². The predicted octanol–water partition coefficient (Wildman–Crippen LogP) is 2.65. The number of hydrogen-bond donors (Lipinski definition) is 1. The first-order valence-electron chi connectivity index (χ1n) is 8.44. The van der Waals surface area contributed by atoms with Crippen LogP contribution in [0.4, 0.5) is 0 Å². The van der Waals surface area contributed by atoms with E-state index < -0.39 is 11.9 Å². The van der Waals surface area contributed by atoms with E-state index in [-0.39, 0.29) is 24.0 Å². The molecule has 2 aliphatic rings. The number of carbonyl (C=O) groups excluding carboxylic acids is 1. The molecule has 1 N–H and O–H groups in total.